The van der Waals surface area contributed by atoms with E-state index in [-0.39, 0.29) is 0 Å². The van der Waals surface area contributed by atoms with E-state index >= 15 is 0 Å². The molecule has 0 radical (unpaired) electrons. The molecule has 0 aromatic heterocycles. The molecule has 0 fully saturated rings. The fourth-order valence-corrected chi connectivity index (χ4v) is 2.37. The van der Waals surface area contributed by atoms with E-state index in [0.29, 0.717) is 5.92 Å². The zero-order chi connectivity index (χ0) is 9.10. The van der Waals surface area contributed by atoms with Crippen LogP contribution in [0.25, 0.3) is 0 Å². The molecule has 2 rings (SSSR count). The summed E-state index contributed by atoms with van der Waals surface area (Å²) in [6, 6.07) is 8.59. The minimum absolute atomic E-state index is 0.582. The quantitative estimate of drug-likeness (QED) is 0.685. The van der Waals surface area contributed by atoms with Crippen LogP contribution in [0.5, 0.6) is 0 Å². The summed E-state index contributed by atoms with van der Waals surface area (Å²) in [7, 11) is 0. The second kappa shape index (κ2) is 4.09. The van der Waals surface area contributed by atoms with Crippen molar-refractivity contribution in [3.05, 3.63) is 57.7 Å². The first kappa shape index (κ1) is 9.00. The molecule has 0 spiro atoms. The molecule has 1 atom stereocenters. The third-order valence-corrected chi connectivity index (χ3v) is 3.27. The molecule has 0 heterocycles. The Morgan fingerprint density at radius 3 is 2.69 bits per heavy atom. The van der Waals surface area contributed by atoms with Gasteiger partial charge in [-0.3, -0.25) is 0 Å². The smallest absolute Gasteiger partial charge is 0.0168 e. The Kier molecular flexibility index (Phi) is 2.83. The molecule has 1 heteroatoms. The number of allylic oxidation sites excluding steroid dienone is 4. The largest absolute Gasteiger partial charge is 0.0836 e. The van der Waals surface area contributed by atoms with Gasteiger partial charge >= 0.3 is 0 Å². The number of hydrogen-bond donors (Lipinski definition) is 0. The van der Waals surface area contributed by atoms with Crippen molar-refractivity contribution in [2.24, 2.45) is 0 Å². The summed E-state index contributed by atoms with van der Waals surface area (Å²) in [5, 5.41) is 0. The van der Waals surface area contributed by atoms with Crippen molar-refractivity contribution < 1.29 is 0 Å². The van der Waals surface area contributed by atoms with Crippen molar-refractivity contribution in [1.29, 1.82) is 0 Å². The van der Waals surface area contributed by atoms with Crippen LogP contribution in [0, 0.1) is 3.57 Å². The van der Waals surface area contributed by atoms with Crippen molar-refractivity contribution in [1.82, 2.24) is 0 Å². The van der Waals surface area contributed by atoms with Gasteiger partial charge in [0.25, 0.3) is 0 Å². The van der Waals surface area contributed by atoms with Crippen LogP contribution >= 0.6 is 22.6 Å². The highest BCUT2D eigenvalue weighted by Crippen LogP contribution is 2.27. The maximum absolute atomic E-state index is 2.40. The fraction of sp³-hybridized carbons (Fsp3) is 0.167. The van der Waals surface area contributed by atoms with Gasteiger partial charge in [-0.25, -0.2) is 0 Å². The highest BCUT2D eigenvalue weighted by atomic mass is 127. The van der Waals surface area contributed by atoms with Crippen LogP contribution in [-0.4, -0.2) is 0 Å². The Morgan fingerprint density at radius 2 is 2.00 bits per heavy atom. The predicted octanol–water partition coefficient (Wildman–Crippen LogP) is 3.89. The molecule has 1 aromatic rings. The molecule has 66 valence electrons. The van der Waals surface area contributed by atoms with Gasteiger partial charge in [0.15, 0.2) is 0 Å². The first-order valence-electron chi connectivity index (χ1n) is 4.45. The van der Waals surface area contributed by atoms with Crippen LogP contribution in [0.15, 0.2) is 48.6 Å². The van der Waals surface area contributed by atoms with E-state index in [1.165, 1.54) is 9.13 Å². The van der Waals surface area contributed by atoms with E-state index in [2.05, 4.69) is 71.2 Å². The van der Waals surface area contributed by atoms with Gasteiger partial charge in [0.05, 0.1) is 0 Å². The molecule has 1 aromatic carbocycles. The van der Waals surface area contributed by atoms with Crippen molar-refractivity contribution in [2.75, 3.05) is 0 Å². The van der Waals surface area contributed by atoms with Gasteiger partial charge in [0, 0.05) is 9.49 Å². The van der Waals surface area contributed by atoms with E-state index in [0.717, 1.165) is 6.42 Å². The van der Waals surface area contributed by atoms with Gasteiger partial charge in [-0.2, -0.15) is 0 Å². The van der Waals surface area contributed by atoms with Crippen molar-refractivity contribution in [2.45, 2.75) is 12.3 Å². The standard InChI is InChI=1S/C12H11I/c13-12-9-5-4-8-11(12)10-6-2-1-3-7-10/h1-6,8-10H,7H2. The third kappa shape index (κ3) is 2.02. The third-order valence-electron chi connectivity index (χ3n) is 2.29. The molecule has 13 heavy (non-hydrogen) atoms. The molecule has 0 saturated heterocycles. The number of hydrogen-bond acceptors (Lipinski definition) is 0. The fourth-order valence-electron chi connectivity index (χ4n) is 1.59. The Hall–Kier alpha value is -0.570. The van der Waals surface area contributed by atoms with Crippen LogP contribution in [0.1, 0.15) is 17.9 Å². The SMILES string of the molecule is Ic1ccccc1C1C=CC=CC1. The second-order valence-electron chi connectivity index (χ2n) is 3.18. The number of benzene rings is 1. The van der Waals surface area contributed by atoms with Crippen molar-refractivity contribution >= 4 is 22.6 Å². The first-order valence-corrected chi connectivity index (χ1v) is 5.53. The highest BCUT2D eigenvalue weighted by Gasteiger charge is 2.10. The van der Waals surface area contributed by atoms with Gasteiger partial charge in [-0.05, 0) is 40.6 Å². The van der Waals surface area contributed by atoms with E-state index in [4.69, 9.17) is 0 Å². The molecule has 0 saturated carbocycles. The summed E-state index contributed by atoms with van der Waals surface area (Å²) in [5.41, 5.74) is 1.45. The monoisotopic (exact) mass is 282 g/mol. The number of halogens is 1. The van der Waals surface area contributed by atoms with Crippen LogP contribution < -0.4 is 0 Å². The molecular formula is C12H11I. The summed E-state index contributed by atoms with van der Waals surface area (Å²) in [5.74, 6) is 0.582. The second-order valence-corrected chi connectivity index (χ2v) is 4.34. The summed E-state index contributed by atoms with van der Waals surface area (Å²) in [6.07, 6.45) is 9.89. The Morgan fingerprint density at radius 1 is 1.15 bits per heavy atom. The van der Waals surface area contributed by atoms with Crippen molar-refractivity contribution in [3.8, 4) is 0 Å². The summed E-state index contributed by atoms with van der Waals surface area (Å²) >= 11 is 2.40. The molecule has 1 unspecified atom stereocenters. The number of rotatable bonds is 1. The van der Waals surface area contributed by atoms with E-state index in [1.54, 1.807) is 0 Å². The molecule has 1 aliphatic rings. The van der Waals surface area contributed by atoms with E-state index < -0.39 is 0 Å². The lowest BCUT2D eigenvalue weighted by atomic mass is 9.93. The maximum atomic E-state index is 2.40. The van der Waals surface area contributed by atoms with Gasteiger partial charge in [-0.1, -0.05) is 42.5 Å². The Bertz CT molecular complexity index is 350. The minimum Gasteiger partial charge on any atom is -0.0836 e. The molecular weight excluding hydrogens is 271 g/mol. The zero-order valence-electron chi connectivity index (χ0n) is 7.28. The summed E-state index contributed by atoms with van der Waals surface area (Å²) < 4.78 is 1.37. The Balaban J connectivity index is 2.30. The van der Waals surface area contributed by atoms with Gasteiger partial charge in [0.2, 0.25) is 0 Å². The molecule has 0 bridgehead atoms. The van der Waals surface area contributed by atoms with Gasteiger partial charge in [-0.15, -0.1) is 0 Å². The van der Waals surface area contributed by atoms with Gasteiger partial charge < -0.3 is 0 Å². The molecule has 0 amide bonds. The van der Waals surface area contributed by atoms with Crippen LogP contribution in [-0.2, 0) is 0 Å². The van der Waals surface area contributed by atoms with E-state index in [1.807, 2.05) is 0 Å². The van der Waals surface area contributed by atoms with Crippen LogP contribution in [0.4, 0.5) is 0 Å². The maximum Gasteiger partial charge on any atom is 0.0168 e. The summed E-state index contributed by atoms with van der Waals surface area (Å²) in [4.78, 5) is 0. The lowest BCUT2D eigenvalue weighted by Gasteiger charge is -2.14. The normalized spacial score (nSPS) is 20.5. The summed E-state index contributed by atoms with van der Waals surface area (Å²) in [6.45, 7) is 0. The van der Waals surface area contributed by atoms with Crippen LogP contribution in [0.3, 0.4) is 0 Å². The first-order chi connectivity index (χ1) is 6.38. The van der Waals surface area contributed by atoms with E-state index in [9.17, 15) is 0 Å². The average Bonchev–Trinajstić information content (AvgIpc) is 2.20. The molecule has 1 aliphatic carbocycles. The molecule has 0 aliphatic heterocycles. The molecule has 0 nitrogen and oxygen atoms in total. The lowest BCUT2D eigenvalue weighted by molar-refractivity contribution is 0.848. The Labute approximate surface area is 92.5 Å². The topological polar surface area (TPSA) is 0 Å². The molecule has 0 N–H and O–H groups in total. The minimum atomic E-state index is 0.582. The van der Waals surface area contributed by atoms with Crippen molar-refractivity contribution in [3.63, 3.8) is 0 Å². The predicted molar refractivity (Wildman–Crippen MR) is 64.8 cm³/mol. The highest BCUT2D eigenvalue weighted by molar-refractivity contribution is 14.1. The van der Waals surface area contributed by atoms with Gasteiger partial charge in [0.1, 0.15) is 0 Å². The zero-order valence-corrected chi connectivity index (χ0v) is 9.44. The van der Waals surface area contributed by atoms with Crippen LogP contribution in [0.2, 0.25) is 0 Å². The average molecular weight is 282 g/mol. The lowest BCUT2D eigenvalue weighted by Crippen LogP contribution is -1.98.